The second-order valence-electron chi connectivity index (χ2n) is 7.47. The summed E-state index contributed by atoms with van der Waals surface area (Å²) in [5.74, 6) is -0.791. The molecule has 1 unspecified atom stereocenters. The number of para-hydroxylation sites is 1. The monoisotopic (exact) mass is 452 g/mol. The number of aliphatic carboxylic acids is 1. The van der Waals surface area contributed by atoms with Crippen molar-refractivity contribution in [3.05, 3.63) is 100 Å². The average molecular weight is 453 g/mol. The number of hydrogen-bond donors (Lipinski definition) is 3. The maximum absolute atomic E-state index is 13.9. The lowest BCUT2D eigenvalue weighted by Crippen LogP contribution is -2.38. The number of benzene rings is 3. The van der Waals surface area contributed by atoms with Gasteiger partial charge in [0.25, 0.3) is 0 Å². The zero-order valence-electron chi connectivity index (χ0n) is 17.1. The molecule has 1 heterocycles. The molecule has 0 aliphatic carbocycles. The smallest absolute Gasteiger partial charge is 0.321 e. The Hall–Kier alpha value is -3.35. The van der Waals surface area contributed by atoms with Crippen molar-refractivity contribution in [2.24, 2.45) is 0 Å². The molecule has 5 nitrogen and oxygen atoms in total. The lowest BCUT2D eigenvalue weighted by Gasteiger charge is -2.15. The maximum atomic E-state index is 13.9. The van der Waals surface area contributed by atoms with E-state index < -0.39 is 17.8 Å². The van der Waals surface area contributed by atoms with Crippen LogP contribution in [0.15, 0.2) is 72.9 Å². The van der Waals surface area contributed by atoms with Crippen LogP contribution in [0, 0.1) is 5.82 Å². The number of rotatable bonds is 9. The van der Waals surface area contributed by atoms with Gasteiger partial charge in [-0.2, -0.15) is 0 Å². The predicted molar refractivity (Wildman–Crippen MR) is 122 cm³/mol. The van der Waals surface area contributed by atoms with Crippen molar-refractivity contribution in [2.75, 3.05) is 0 Å². The first-order chi connectivity index (χ1) is 15.5. The fraction of sp³-hybridized carbons (Fsp3) is 0.160. The highest BCUT2D eigenvalue weighted by atomic mass is 35.5. The van der Waals surface area contributed by atoms with Crippen molar-refractivity contribution >= 4 is 28.5 Å². The largest absolute Gasteiger partial charge is 0.489 e. The first-order valence-corrected chi connectivity index (χ1v) is 10.5. The van der Waals surface area contributed by atoms with E-state index in [1.54, 1.807) is 24.3 Å². The van der Waals surface area contributed by atoms with E-state index in [1.165, 1.54) is 6.07 Å². The van der Waals surface area contributed by atoms with Crippen LogP contribution in [-0.4, -0.2) is 22.1 Å². The Labute approximate surface area is 189 Å². The Morgan fingerprint density at radius 3 is 2.75 bits per heavy atom. The van der Waals surface area contributed by atoms with Crippen LogP contribution in [0.4, 0.5) is 4.39 Å². The maximum Gasteiger partial charge on any atom is 0.321 e. The van der Waals surface area contributed by atoms with Crippen LogP contribution in [0.1, 0.15) is 16.7 Å². The van der Waals surface area contributed by atoms with Crippen molar-refractivity contribution in [2.45, 2.75) is 25.6 Å². The van der Waals surface area contributed by atoms with Crippen molar-refractivity contribution < 1.29 is 19.0 Å². The van der Waals surface area contributed by atoms with Crippen LogP contribution >= 0.6 is 11.6 Å². The van der Waals surface area contributed by atoms with Gasteiger partial charge >= 0.3 is 5.97 Å². The van der Waals surface area contributed by atoms with E-state index >= 15 is 0 Å². The summed E-state index contributed by atoms with van der Waals surface area (Å²) < 4.78 is 19.6. The summed E-state index contributed by atoms with van der Waals surface area (Å²) in [4.78, 5) is 15.0. The number of ether oxygens (including phenoxy) is 1. The molecule has 32 heavy (non-hydrogen) atoms. The first kappa shape index (κ1) is 21.9. The molecule has 164 valence electrons. The molecule has 0 amide bonds. The number of halogens is 2. The van der Waals surface area contributed by atoms with Crippen LogP contribution in [0.3, 0.4) is 0 Å². The summed E-state index contributed by atoms with van der Waals surface area (Å²) in [7, 11) is 0. The van der Waals surface area contributed by atoms with Gasteiger partial charge in [-0.25, -0.2) is 4.39 Å². The summed E-state index contributed by atoms with van der Waals surface area (Å²) in [6, 6.07) is 18.8. The quantitative estimate of drug-likeness (QED) is 0.321. The highest BCUT2D eigenvalue weighted by Crippen LogP contribution is 2.23. The van der Waals surface area contributed by atoms with E-state index in [1.807, 2.05) is 42.6 Å². The molecule has 3 N–H and O–H groups in total. The molecule has 0 radical (unpaired) electrons. The normalized spacial score (nSPS) is 12.1. The van der Waals surface area contributed by atoms with Gasteiger partial charge in [-0.15, -0.1) is 0 Å². The fourth-order valence-corrected chi connectivity index (χ4v) is 3.80. The molecule has 0 spiro atoms. The van der Waals surface area contributed by atoms with Gasteiger partial charge in [0.15, 0.2) is 0 Å². The molecule has 1 aromatic heterocycles. The molecule has 0 saturated heterocycles. The highest BCUT2D eigenvalue weighted by Gasteiger charge is 2.19. The van der Waals surface area contributed by atoms with Crippen molar-refractivity contribution in [1.29, 1.82) is 0 Å². The van der Waals surface area contributed by atoms with Crippen molar-refractivity contribution in [3.8, 4) is 5.75 Å². The van der Waals surface area contributed by atoms with Gasteiger partial charge in [0, 0.05) is 35.6 Å². The Morgan fingerprint density at radius 2 is 1.94 bits per heavy atom. The molecule has 0 aliphatic rings. The predicted octanol–water partition coefficient (Wildman–Crippen LogP) is 5.32. The van der Waals surface area contributed by atoms with E-state index in [9.17, 15) is 14.3 Å². The lowest BCUT2D eigenvalue weighted by molar-refractivity contribution is -0.139. The van der Waals surface area contributed by atoms with Crippen molar-refractivity contribution in [3.63, 3.8) is 0 Å². The Morgan fingerprint density at radius 1 is 1.12 bits per heavy atom. The van der Waals surface area contributed by atoms with Gasteiger partial charge in [-0.1, -0.05) is 48.0 Å². The number of carboxylic acid groups (broad SMARTS) is 1. The number of hydrogen-bond acceptors (Lipinski definition) is 3. The van der Waals surface area contributed by atoms with Crippen LogP contribution < -0.4 is 10.1 Å². The van der Waals surface area contributed by atoms with E-state index in [4.69, 9.17) is 16.3 Å². The highest BCUT2D eigenvalue weighted by molar-refractivity contribution is 6.31. The second-order valence-corrected chi connectivity index (χ2v) is 7.88. The minimum atomic E-state index is -0.920. The molecule has 3 aromatic carbocycles. The Kier molecular flexibility index (Phi) is 6.73. The molecule has 0 bridgehead atoms. The minimum absolute atomic E-state index is 0.000698. The first-order valence-electron chi connectivity index (χ1n) is 10.2. The van der Waals surface area contributed by atoms with E-state index in [2.05, 4.69) is 10.3 Å². The number of aromatic nitrogens is 1. The van der Waals surface area contributed by atoms with E-state index in [0.717, 1.165) is 22.0 Å². The van der Waals surface area contributed by atoms with Gasteiger partial charge in [0.2, 0.25) is 0 Å². The number of H-pyrrole nitrogens is 1. The Balaban J connectivity index is 1.40. The van der Waals surface area contributed by atoms with Gasteiger partial charge in [-0.3, -0.25) is 4.79 Å². The number of fused-ring (bicyclic) bond motifs is 1. The van der Waals surface area contributed by atoms with Gasteiger partial charge < -0.3 is 20.1 Å². The van der Waals surface area contributed by atoms with Crippen LogP contribution in [-0.2, 0) is 24.4 Å². The molecule has 0 saturated carbocycles. The number of carboxylic acids is 1. The number of carbonyl (C=O) groups is 1. The third kappa shape index (κ3) is 5.10. The molecule has 4 rings (SSSR count). The molecule has 4 aromatic rings. The standard InChI is InChI=1S/C25H22ClFN2O3/c26-21-8-4-9-22(27)20(21)15-32-18-6-3-5-16(11-18)13-28-24(25(30)31)12-17-14-29-23-10-2-1-7-19(17)23/h1-11,14,24,28-29H,12-13,15H2,(H,30,31). The third-order valence-electron chi connectivity index (χ3n) is 5.29. The lowest BCUT2D eigenvalue weighted by atomic mass is 10.0. The van der Waals surface area contributed by atoms with E-state index in [-0.39, 0.29) is 6.61 Å². The van der Waals surface area contributed by atoms with Gasteiger partial charge in [0.1, 0.15) is 24.2 Å². The van der Waals surface area contributed by atoms with Crippen molar-refractivity contribution in [1.82, 2.24) is 10.3 Å². The zero-order chi connectivity index (χ0) is 22.5. The summed E-state index contributed by atoms with van der Waals surface area (Å²) in [5.41, 5.74) is 3.07. The second kappa shape index (κ2) is 9.85. The summed E-state index contributed by atoms with van der Waals surface area (Å²) in [6.45, 7) is 0.345. The average Bonchev–Trinajstić information content (AvgIpc) is 3.19. The van der Waals surface area contributed by atoms with Crippen LogP contribution in [0.25, 0.3) is 10.9 Å². The molecule has 1 atom stereocenters. The molecule has 0 aliphatic heterocycles. The Bertz CT molecular complexity index is 1220. The van der Waals surface area contributed by atoms with Crippen LogP contribution in [0.5, 0.6) is 5.75 Å². The summed E-state index contributed by atoms with van der Waals surface area (Å²) >= 11 is 6.05. The van der Waals surface area contributed by atoms with E-state index in [0.29, 0.717) is 29.3 Å². The zero-order valence-corrected chi connectivity index (χ0v) is 17.9. The number of nitrogens with one attached hydrogen (secondary N) is 2. The third-order valence-corrected chi connectivity index (χ3v) is 5.65. The SMILES string of the molecule is O=C(O)C(Cc1c[nH]c2ccccc12)NCc1cccc(OCc2c(F)cccc2Cl)c1. The molecule has 0 fully saturated rings. The number of aromatic amines is 1. The fourth-order valence-electron chi connectivity index (χ4n) is 3.58. The van der Waals surface area contributed by atoms with Gasteiger partial charge in [0.05, 0.1) is 5.02 Å². The molecule has 7 heteroatoms. The topological polar surface area (TPSA) is 74.3 Å². The molecular formula is C25H22ClFN2O3. The summed E-state index contributed by atoms with van der Waals surface area (Å²) in [6.07, 6.45) is 2.20. The minimum Gasteiger partial charge on any atom is -0.489 e. The molecular weight excluding hydrogens is 431 g/mol. The summed E-state index contributed by atoms with van der Waals surface area (Å²) in [5, 5.41) is 14.1. The van der Waals surface area contributed by atoms with Gasteiger partial charge in [-0.05, 0) is 41.5 Å². The van der Waals surface area contributed by atoms with Crippen LogP contribution in [0.2, 0.25) is 5.02 Å².